The summed E-state index contributed by atoms with van der Waals surface area (Å²) >= 11 is 0. The van der Waals surface area contributed by atoms with Gasteiger partial charge >= 0.3 is 11.0 Å². The molecule has 0 saturated heterocycles. The van der Waals surface area contributed by atoms with Gasteiger partial charge in [0.1, 0.15) is 6.33 Å². The van der Waals surface area contributed by atoms with E-state index in [0.717, 1.165) is 4.73 Å². The number of rotatable bonds is 3. The van der Waals surface area contributed by atoms with E-state index in [1.807, 2.05) is 12.1 Å². The second-order valence-electron chi connectivity index (χ2n) is 3.96. The number of benzene rings is 2. The minimum atomic E-state index is -2.83. The van der Waals surface area contributed by atoms with Gasteiger partial charge in [0.25, 0.3) is 0 Å². The highest BCUT2D eigenvalue weighted by molar-refractivity contribution is 7.67. The zero-order valence-corrected chi connectivity index (χ0v) is 12.0. The Morgan fingerprint density at radius 3 is 1.76 bits per heavy atom. The first-order valence-corrected chi connectivity index (χ1v) is 7.26. The van der Waals surface area contributed by atoms with Gasteiger partial charge in [-0.3, -0.25) is 4.28 Å². The lowest BCUT2D eigenvalue weighted by Gasteiger charge is -1.98. The third kappa shape index (κ3) is 5.12. The summed E-state index contributed by atoms with van der Waals surface area (Å²) in [5.41, 5.74) is 2.55. The van der Waals surface area contributed by atoms with E-state index in [9.17, 15) is 8.42 Å². The van der Waals surface area contributed by atoms with Crippen molar-refractivity contribution in [3.8, 4) is 11.1 Å². The summed E-state index contributed by atoms with van der Waals surface area (Å²) in [6.45, 7) is 0. The first-order chi connectivity index (χ1) is 10.3. The molecule has 0 bridgehead atoms. The van der Waals surface area contributed by atoms with Crippen LogP contribution in [-0.2, 0) is 11.0 Å². The summed E-state index contributed by atoms with van der Waals surface area (Å²) in [5.74, 6) is 0. The molecule has 3 rings (SSSR count). The van der Waals surface area contributed by atoms with Gasteiger partial charge in [0.2, 0.25) is 0 Å². The van der Waals surface area contributed by atoms with E-state index >= 15 is 0 Å². The fraction of sp³-hybridized carbons (Fsp3) is 0. The van der Waals surface area contributed by atoms with Crippen LogP contribution in [0.25, 0.3) is 11.1 Å². The van der Waals surface area contributed by atoms with Crippen LogP contribution in [0.5, 0.6) is 0 Å². The summed E-state index contributed by atoms with van der Waals surface area (Å²) in [7, 11) is -2.83. The minimum Gasteiger partial charge on any atom is -0.288 e. The number of hydrogen-bond acceptors (Lipinski definition) is 4. The first kappa shape index (κ1) is 14.8. The monoisotopic (exact) mass is 302 g/mol. The molecule has 0 aliphatic heterocycles. The molecule has 0 atom stereocenters. The van der Waals surface area contributed by atoms with Crippen LogP contribution in [0, 0.1) is 0 Å². The van der Waals surface area contributed by atoms with Gasteiger partial charge in [-0.05, 0) is 11.1 Å². The lowest BCUT2D eigenvalue weighted by molar-refractivity contribution is 0.291. The fourth-order valence-corrected chi connectivity index (χ4v) is 1.88. The summed E-state index contributed by atoms with van der Waals surface area (Å²) in [6.07, 6.45) is 4.04. The summed E-state index contributed by atoms with van der Waals surface area (Å²) in [6, 6.07) is 20.8. The molecular formula is C15H14N2O3S. The van der Waals surface area contributed by atoms with Crippen molar-refractivity contribution in [2.75, 3.05) is 0 Å². The van der Waals surface area contributed by atoms with Crippen LogP contribution in [0.4, 0.5) is 0 Å². The predicted octanol–water partition coefficient (Wildman–Crippen LogP) is 2.19. The molecule has 108 valence electrons. The van der Waals surface area contributed by atoms with Crippen molar-refractivity contribution in [2.24, 2.45) is 0 Å². The maximum Gasteiger partial charge on any atom is 0.317 e. The maximum atomic E-state index is 9.83. The van der Waals surface area contributed by atoms with Gasteiger partial charge < -0.3 is 0 Å². The number of thiol groups is 1. The SMILES string of the molecule is O=[SH](=O)On1ccnc1.c1ccc(-c2ccccc2)cc1. The highest BCUT2D eigenvalue weighted by atomic mass is 32.2. The quantitative estimate of drug-likeness (QED) is 0.753. The van der Waals surface area contributed by atoms with E-state index < -0.39 is 11.0 Å². The van der Waals surface area contributed by atoms with Crippen LogP contribution >= 0.6 is 0 Å². The Bertz CT molecular complexity index is 666. The molecule has 0 spiro atoms. The third-order valence-electron chi connectivity index (χ3n) is 2.52. The van der Waals surface area contributed by atoms with Gasteiger partial charge in [-0.15, -0.1) is 0 Å². The summed E-state index contributed by atoms with van der Waals surface area (Å²) in [5, 5.41) is 0. The van der Waals surface area contributed by atoms with E-state index in [-0.39, 0.29) is 0 Å². The van der Waals surface area contributed by atoms with E-state index in [1.54, 1.807) is 0 Å². The van der Waals surface area contributed by atoms with Crippen molar-refractivity contribution in [3.63, 3.8) is 0 Å². The predicted molar refractivity (Wildman–Crippen MR) is 81.0 cm³/mol. The van der Waals surface area contributed by atoms with Crippen molar-refractivity contribution >= 4 is 11.0 Å². The highest BCUT2D eigenvalue weighted by Crippen LogP contribution is 2.17. The molecular weight excluding hydrogens is 288 g/mol. The van der Waals surface area contributed by atoms with Crippen molar-refractivity contribution in [3.05, 3.63) is 79.4 Å². The van der Waals surface area contributed by atoms with Crippen molar-refractivity contribution < 1.29 is 12.7 Å². The Hall–Kier alpha value is -2.60. The molecule has 0 radical (unpaired) electrons. The fourth-order valence-electron chi connectivity index (χ4n) is 1.63. The molecule has 0 N–H and O–H groups in total. The lowest BCUT2D eigenvalue weighted by Crippen LogP contribution is -2.05. The van der Waals surface area contributed by atoms with E-state index in [2.05, 4.69) is 57.8 Å². The molecule has 1 aromatic heterocycles. The number of aromatic nitrogens is 2. The second-order valence-corrected chi connectivity index (χ2v) is 4.57. The maximum absolute atomic E-state index is 9.83. The molecule has 0 unspecified atom stereocenters. The van der Waals surface area contributed by atoms with Gasteiger partial charge in [0.15, 0.2) is 0 Å². The smallest absolute Gasteiger partial charge is 0.288 e. The van der Waals surface area contributed by atoms with Crippen molar-refractivity contribution in [1.29, 1.82) is 0 Å². The highest BCUT2D eigenvalue weighted by Gasteiger charge is 1.91. The van der Waals surface area contributed by atoms with Gasteiger partial charge in [0, 0.05) is 6.20 Å². The van der Waals surface area contributed by atoms with Crippen LogP contribution in [0.2, 0.25) is 0 Å². The molecule has 0 saturated carbocycles. The molecule has 1 heterocycles. The topological polar surface area (TPSA) is 61.2 Å². The van der Waals surface area contributed by atoms with Crippen LogP contribution < -0.4 is 4.28 Å². The summed E-state index contributed by atoms with van der Waals surface area (Å²) < 4.78 is 24.8. The Labute approximate surface area is 124 Å². The molecule has 3 aromatic rings. The number of imidazole rings is 1. The molecule has 0 aliphatic rings. The molecule has 0 aliphatic carbocycles. The first-order valence-electron chi connectivity index (χ1n) is 6.17. The standard InChI is InChI=1S/C12H10.C3H4N2O3S/c1-3-7-11(8-4-1)12-9-5-2-6-10-12;6-9(7)8-5-2-1-4-3-5/h1-10H;1-3,9H. The molecule has 6 heteroatoms. The normalized spacial score (nSPS) is 9.76. The Morgan fingerprint density at radius 2 is 1.38 bits per heavy atom. The van der Waals surface area contributed by atoms with Crippen LogP contribution in [0.3, 0.4) is 0 Å². The van der Waals surface area contributed by atoms with Crippen molar-refractivity contribution in [2.45, 2.75) is 0 Å². The number of hydrogen-bond donors (Lipinski definition) is 1. The molecule has 2 aromatic carbocycles. The van der Waals surface area contributed by atoms with Crippen LogP contribution in [-0.4, -0.2) is 18.1 Å². The Kier molecular flexibility index (Phi) is 5.54. The van der Waals surface area contributed by atoms with Crippen LogP contribution in [0.1, 0.15) is 0 Å². The van der Waals surface area contributed by atoms with E-state index in [1.165, 1.54) is 29.8 Å². The van der Waals surface area contributed by atoms with E-state index in [0.29, 0.717) is 0 Å². The van der Waals surface area contributed by atoms with Gasteiger partial charge in [0.05, 0.1) is 6.20 Å². The van der Waals surface area contributed by atoms with E-state index in [4.69, 9.17) is 0 Å². The van der Waals surface area contributed by atoms with Gasteiger partial charge in [-0.25, -0.2) is 4.98 Å². The van der Waals surface area contributed by atoms with Gasteiger partial charge in [-0.1, -0.05) is 60.7 Å². The second kappa shape index (κ2) is 7.86. The average molecular weight is 302 g/mol. The zero-order chi connectivity index (χ0) is 14.9. The largest absolute Gasteiger partial charge is 0.317 e. The average Bonchev–Trinajstić information content (AvgIpc) is 3.02. The van der Waals surface area contributed by atoms with Crippen molar-refractivity contribution in [1.82, 2.24) is 9.71 Å². The third-order valence-corrected chi connectivity index (χ3v) is 2.84. The molecule has 5 nitrogen and oxygen atoms in total. The Morgan fingerprint density at radius 1 is 0.857 bits per heavy atom. The minimum absolute atomic E-state index is 0.992. The molecule has 21 heavy (non-hydrogen) atoms. The van der Waals surface area contributed by atoms with Crippen LogP contribution in [0.15, 0.2) is 79.4 Å². The molecule has 0 fully saturated rings. The number of nitrogens with zero attached hydrogens (tertiary/aromatic N) is 2. The lowest BCUT2D eigenvalue weighted by atomic mass is 10.1. The zero-order valence-electron chi connectivity index (χ0n) is 11.1. The van der Waals surface area contributed by atoms with Gasteiger partial charge in [-0.2, -0.15) is 13.1 Å². The summed E-state index contributed by atoms with van der Waals surface area (Å²) in [4.78, 5) is 3.55. The Balaban J connectivity index is 0.000000161. The molecule has 0 amide bonds.